The zero-order valence-corrected chi connectivity index (χ0v) is 9.55. The van der Waals surface area contributed by atoms with Crippen molar-refractivity contribution in [3.8, 4) is 0 Å². The van der Waals surface area contributed by atoms with E-state index in [-0.39, 0.29) is 0 Å². The van der Waals surface area contributed by atoms with Gasteiger partial charge < -0.3 is 10.5 Å². The van der Waals surface area contributed by atoms with Crippen molar-refractivity contribution >= 4 is 0 Å². The van der Waals surface area contributed by atoms with Crippen LogP contribution in [0.25, 0.3) is 0 Å². The Morgan fingerprint density at radius 1 is 1.00 bits per heavy atom. The molecule has 0 spiro atoms. The molecule has 1 atom stereocenters. The van der Waals surface area contributed by atoms with E-state index < -0.39 is 0 Å². The highest BCUT2D eigenvalue weighted by molar-refractivity contribution is 4.62. The predicted molar refractivity (Wildman–Crippen MR) is 57.8 cm³/mol. The first-order chi connectivity index (χ1) is 6.02. The van der Waals surface area contributed by atoms with Crippen molar-refractivity contribution in [2.75, 3.05) is 6.61 Å². The third-order valence-electron chi connectivity index (χ3n) is 2.05. The van der Waals surface area contributed by atoms with Crippen molar-refractivity contribution in [3.63, 3.8) is 0 Å². The van der Waals surface area contributed by atoms with E-state index in [1.54, 1.807) is 0 Å². The van der Waals surface area contributed by atoms with E-state index in [0.717, 1.165) is 25.4 Å². The van der Waals surface area contributed by atoms with Crippen LogP contribution in [-0.2, 0) is 4.74 Å². The van der Waals surface area contributed by atoms with Crippen molar-refractivity contribution in [3.05, 3.63) is 0 Å². The molecule has 0 amide bonds. The molecule has 0 aromatic rings. The van der Waals surface area contributed by atoms with E-state index in [1.165, 1.54) is 6.42 Å². The van der Waals surface area contributed by atoms with Crippen LogP contribution in [-0.4, -0.2) is 18.8 Å². The highest BCUT2D eigenvalue weighted by atomic mass is 16.5. The van der Waals surface area contributed by atoms with Gasteiger partial charge in [0, 0.05) is 12.6 Å². The maximum absolute atomic E-state index is 5.93. The summed E-state index contributed by atoms with van der Waals surface area (Å²) in [5.41, 5.74) is 5.93. The van der Waals surface area contributed by atoms with Crippen LogP contribution in [0, 0.1) is 5.92 Å². The lowest BCUT2D eigenvalue weighted by molar-refractivity contribution is 0.0729. The second-order valence-corrected chi connectivity index (χ2v) is 4.44. The molecule has 0 saturated heterocycles. The fraction of sp³-hybridized carbons (Fsp3) is 1.00. The third-order valence-corrected chi connectivity index (χ3v) is 2.05. The SMILES string of the molecule is CC(C)CCC(N)CCOC(C)C. The monoisotopic (exact) mass is 187 g/mol. The van der Waals surface area contributed by atoms with Crippen molar-refractivity contribution in [1.82, 2.24) is 0 Å². The Bertz CT molecular complexity index is 113. The molecule has 1 unspecified atom stereocenters. The van der Waals surface area contributed by atoms with Gasteiger partial charge in [-0.3, -0.25) is 0 Å². The van der Waals surface area contributed by atoms with Gasteiger partial charge in [0.1, 0.15) is 0 Å². The molecule has 80 valence electrons. The molecule has 0 aliphatic heterocycles. The molecule has 0 aromatic heterocycles. The minimum absolute atomic E-state index is 0.321. The second kappa shape index (κ2) is 7.34. The number of hydrogen-bond donors (Lipinski definition) is 1. The summed E-state index contributed by atoms with van der Waals surface area (Å²) >= 11 is 0. The van der Waals surface area contributed by atoms with Gasteiger partial charge in [-0.25, -0.2) is 0 Å². The van der Waals surface area contributed by atoms with Gasteiger partial charge in [-0.2, -0.15) is 0 Å². The molecule has 0 heterocycles. The minimum Gasteiger partial charge on any atom is -0.379 e. The molecular formula is C11H25NO. The van der Waals surface area contributed by atoms with Crippen LogP contribution >= 0.6 is 0 Å². The summed E-state index contributed by atoms with van der Waals surface area (Å²) in [6.07, 6.45) is 3.67. The lowest BCUT2D eigenvalue weighted by atomic mass is 10.0. The minimum atomic E-state index is 0.321. The fourth-order valence-electron chi connectivity index (χ4n) is 1.15. The Kier molecular flexibility index (Phi) is 7.29. The molecule has 0 fully saturated rings. The molecule has 0 saturated carbocycles. The van der Waals surface area contributed by atoms with Gasteiger partial charge in [0.15, 0.2) is 0 Å². The van der Waals surface area contributed by atoms with Crippen LogP contribution in [0.1, 0.15) is 47.0 Å². The topological polar surface area (TPSA) is 35.2 Å². The van der Waals surface area contributed by atoms with Crippen molar-refractivity contribution in [1.29, 1.82) is 0 Å². The Labute approximate surface area is 82.8 Å². The summed E-state index contributed by atoms with van der Waals surface area (Å²) < 4.78 is 5.44. The van der Waals surface area contributed by atoms with E-state index in [0.29, 0.717) is 12.1 Å². The Hall–Kier alpha value is -0.0800. The highest BCUT2D eigenvalue weighted by Crippen LogP contribution is 2.07. The average molecular weight is 187 g/mol. The molecule has 2 N–H and O–H groups in total. The zero-order chi connectivity index (χ0) is 10.3. The highest BCUT2D eigenvalue weighted by Gasteiger charge is 2.04. The van der Waals surface area contributed by atoms with Gasteiger partial charge in [0.25, 0.3) is 0 Å². The van der Waals surface area contributed by atoms with Crippen molar-refractivity contribution in [2.24, 2.45) is 11.7 Å². The van der Waals surface area contributed by atoms with E-state index in [9.17, 15) is 0 Å². The quantitative estimate of drug-likeness (QED) is 0.665. The Morgan fingerprint density at radius 3 is 2.08 bits per heavy atom. The Balaban J connectivity index is 3.25. The van der Waals surface area contributed by atoms with E-state index in [1.807, 2.05) is 0 Å². The van der Waals surface area contributed by atoms with E-state index in [4.69, 9.17) is 10.5 Å². The van der Waals surface area contributed by atoms with Gasteiger partial charge in [-0.05, 0) is 39.0 Å². The lowest BCUT2D eigenvalue weighted by Gasteiger charge is -2.14. The average Bonchev–Trinajstić information content (AvgIpc) is 2.00. The molecular weight excluding hydrogens is 162 g/mol. The molecule has 0 rings (SSSR count). The molecule has 0 aromatic carbocycles. The number of ether oxygens (including phenoxy) is 1. The molecule has 13 heavy (non-hydrogen) atoms. The molecule has 2 nitrogen and oxygen atoms in total. The van der Waals surface area contributed by atoms with Gasteiger partial charge in [-0.1, -0.05) is 13.8 Å². The van der Waals surface area contributed by atoms with Crippen LogP contribution in [0.2, 0.25) is 0 Å². The summed E-state index contributed by atoms with van der Waals surface area (Å²) in [6.45, 7) is 9.38. The fourth-order valence-corrected chi connectivity index (χ4v) is 1.15. The molecule has 0 bridgehead atoms. The van der Waals surface area contributed by atoms with Crippen LogP contribution < -0.4 is 5.73 Å². The predicted octanol–water partition coefficient (Wildman–Crippen LogP) is 2.57. The summed E-state index contributed by atoms with van der Waals surface area (Å²) in [5, 5.41) is 0. The van der Waals surface area contributed by atoms with Crippen LogP contribution in [0.5, 0.6) is 0 Å². The largest absolute Gasteiger partial charge is 0.379 e. The molecule has 0 aliphatic rings. The first kappa shape index (κ1) is 12.9. The van der Waals surface area contributed by atoms with Gasteiger partial charge >= 0.3 is 0 Å². The third kappa shape index (κ3) is 9.84. The van der Waals surface area contributed by atoms with Crippen LogP contribution in [0.3, 0.4) is 0 Å². The lowest BCUT2D eigenvalue weighted by Crippen LogP contribution is -2.23. The Morgan fingerprint density at radius 2 is 1.62 bits per heavy atom. The second-order valence-electron chi connectivity index (χ2n) is 4.44. The summed E-state index contributed by atoms with van der Waals surface area (Å²) in [4.78, 5) is 0. The summed E-state index contributed by atoms with van der Waals surface area (Å²) in [5.74, 6) is 0.761. The maximum Gasteiger partial charge on any atom is 0.0518 e. The van der Waals surface area contributed by atoms with Crippen LogP contribution in [0.4, 0.5) is 0 Å². The summed E-state index contributed by atoms with van der Waals surface area (Å²) in [7, 11) is 0. The zero-order valence-electron chi connectivity index (χ0n) is 9.55. The van der Waals surface area contributed by atoms with Gasteiger partial charge in [0.2, 0.25) is 0 Å². The molecule has 2 heteroatoms. The number of rotatable bonds is 7. The first-order valence-electron chi connectivity index (χ1n) is 5.39. The number of hydrogen-bond acceptors (Lipinski definition) is 2. The molecule has 0 radical (unpaired) electrons. The van der Waals surface area contributed by atoms with Gasteiger partial charge in [0.05, 0.1) is 6.10 Å². The summed E-state index contributed by atoms with van der Waals surface area (Å²) in [6, 6.07) is 0.321. The van der Waals surface area contributed by atoms with Crippen molar-refractivity contribution < 1.29 is 4.74 Å². The van der Waals surface area contributed by atoms with E-state index in [2.05, 4.69) is 27.7 Å². The van der Waals surface area contributed by atoms with Crippen LogP contribution in [0.15, 0.2) is 0 Å². The van der Waals surface area contributed by atoms with Crippen molar-refractivity contribution in [2.45, 2.75) is 59.1 Å². The van der Waals surface area contributed by atoms with Gasteiger partial charge in [-0.15, -0.1) is 0 Å². The normalized spacial score (nSPS) is 14.1. The molecule has 0 aliphatic carbocycles. The van der Waals surface area contributed by atoms with E-state index >= 15 is 0 Å². The number of nitrogens with two attached hydrogens (primary N) is 1. The first-order valence-corrected chi connectivity index (χ1v) is 5.39. The standard InChI is InChI=1S/C11H25NO/c1-9(2)5-6-11(12)7-8-13-10(3)4/h9-11H,5-8,12H2,1-4H3. The smallest absolute Gasteiger partial charge is 0.0518 e. The maximum atomic E-state index is 5.93.